The van der Waals surface area contributed by atoms with Gasteiger partial charge in [0.2, 0.25) is 0 Å². The van der Waals surface area contributed by atoms with Gasteiger partial charge < -0.3 is 14.9 Å². The SMILES string of the molecule is Cc1cc2c(C(C)C)cccc2[cH-]1.Cc1cc2c(C(C)C)cccc2[cH-]1.Cl.Cl.[CH3-].[CH3-].[Si]=[Ti]. The molecule has 4 heteroatoms. The Bertz CT molecular complexity index is 960. The van der Waals surface area contributed by atoms with Crippen molar-refractivity contribution in [2.45, 2.75) is 53.4 Å². The summed E-state index contributed by atoms with van der Waals surface area (Å²) in [4.78, 5) is 0. The van der Waals surface area contributed by atoms with Gasteiger partial charge in [0.15, 0.2) is 0 Å². The van der Waals surface area contributed by atoms with E-state index in [1.54, 1.807) is 19.2 Å². The van der Waals surface area contributed by atoms with Crippen LogP contribution in [0.4, 0.5) is 0 Å². The molecule has 0 bridgehead atoms. The van der Waals surface area contributed by atoms with E-state index in [9.17, 15) is 0 Å². The van der Waals surface area contributed by atoms with Gasteiger partial charge in [-0.25, -0.2) is 0 Å². The van der Waals surface area contributed by atoms with Crippen molar-refractivity contribution in [1.29, 1.82) is 0 Å². The number of benzene rings is 2. The summed E-state index contributed by atoms with van der Waals surface area (Å²) in [5.41, 5.74) is 5.66. The van der Waals surface area contributed by atoms with Crippen LogP contribution in [-0.4, -0.2) is 7.63 Å². The van der Waals surface area contributed by atoms with Crippen molar-refractivity contribution in [1.82, 2.24) is 0 Å². The van der Waals surface area contributed by atoms with Crippen LogP contribution in [-0.2, 0) is 19.2 Å². The molecule has 176 valence electrons. The number of aryl methyl sites for hydroxylation is 2. The van der Waals surface area contributed by atoms with Crippen LogP contribution in [0.2, 0.25) is 0 Å². The first-order chi connectivity index (χ1) is 13.4. The van der Waals surface area contributed by atoms with E-state index in [-0.39, 0.29) is 39.7 Å². The third-order valence-corrected chi connectivity index (χ3v) is 5.10. The van der Waals surface area contributed by atoms with Crippen LogP contribution in [0.1, 0.15) is 61.8 Å². The second kappa shape index (κ2) is 16.7. The van der Waals surface area contributed by atoms with E-state index in [4.69, 9.17) is 0 Å². The number of fused-ring (bicyclic) bond motifs is 2. The molecule has 32 heavy (non-hydrogen) atoms. The van der Waals surface area contributed by atoms with Gasteiger partial charge in [-0.1, -0.05) is 64.8 Å². The minimum absolute atomic E-state index is 0. The Balaban J connectivity index is -0.000000437. The quantitative estimate of drug-likeness (QED) is 0.182. The summed E-state index contributed by atoms with van der Waals surface area (Å²) in [7, 11) is 2.97. The summed E-state index contributed by atoms with van der Waals surface area (Å²) < 4.78 is 0. The summed E-state index contributed by atoms with van der Waals surface area (Å²) in [6.45, 7) is 13.3. The van der Waals surface area contributed by atoms with E-state index in [0.717, 1.165) is 0 Å². The molecule has 4 rings (SSSR count). The average molecular weight is 521 g/mol. The van der Waals surface area contributed by atoms with Crippen LogP contribution < -0.4 is 0 Å². The molecule has 0 nitrogen and oxygen atoms in total. The molecule has 0 atom stereocenters. The molecule has 0 saturated carbocycles. The zero-order valence-electron chi connectivity index (χ0n) is 20.7. The second-order valence-corrected chi connectivity index (χ2v) is 8.08. The summed E-state index contributed by atoms with van der Waals surface area (Å²) in [6.07, 6.45) is 0. The molecule has 0 spiro atoms. The van der Waals surface area contributed by atoms with E-state index in [2.05, 4.69) is 110 Å². The summed E-state index contributed by atoms with van der Waals surface area (Å²) in [5.74, 6) is 1.23. The Morgan fingerprint density at radius 3 is 1.25 bits per heavy atom. The molecule has 0 heterocycles. The van der Waals surface area contributed by atoms with Crippen LogP contribution in [0, 0.1) is 28.7 Å². The normalized spacial score (nSPS) is 9.34. The molecule has 0 fully saturated rings. The van der Waals surface area contributed by atoms with E-state index >= 15 is 0 Å². The fourth-order valence-corrected chi connectivity index (χ4v) is 3.82. The monoisotopic (exact) mass is 520 g/mol. The first-order valence-electron chi connectivity index (χ1n) is 9.93. The fourth-order valence-electron chi connectivity index (χ4n) is 3.82. The molecular weight excluding hydrogens is 483 g/mol. The van der Waals surface area contributed by atoms with E-state index < -0.39 is 0 Å². The van der Waals surface area contributed by atoms with Gasteiger partial charge in [-0.15, -0.1) is 93.9 Å². The van der Waals surface area contributed by atoms with E-state index in [0.29, 0.717) is 11.8 Å². The van der Waals surface area contributed by atoms with Gasteiger partial charge in [0.05, 0.1) is 0 Å². The topological polar surface area (TPSA) is 0 Å². The van der Waals surface area contributed by atoms with Gasteiger partial charge in [0.1, 0.15) is 0 Å². The molecule has 0 aliphatic rings. The third-order valence-electron chi connectivity index (χ3n) is 5.10. The maximum absolute atomic E-state index is 2.97. The van der Waals surface area contributed by atoms with E-state index in [1.165, 1.54) is 43.8 Å². The Labute approximate surface area is 223 Å². The van der Waals surface area contributed by atoms with Crippen LogP contribution in [0.25, 0.3) is 21.5 Å². The Morgan fingerprint density at radius 1 is 0.656 bits per heavy atom. The van der Waals surface area contributed by atoms with E-state index in [1.807, 2.05) is 0 Å². The van der Waals surface area contributed by atoms with Gasteiger partial charge >= 0.3 is 26.8 Å². The maximum atomic E-state index is 2.97. The molecule has 0 N–H and O–H groups in total. The molecule has 0 saturated heterocycles. The third kappa shape index (κ3) is 8.84. The predicted octanol–water partition coefficient (Wildman–Crippen LogP) is 9.34. The minimum atomic E-state index is 0. The van der Waals surface area contributed by atoms with Crippen molar-refractivity contribution < 1.29 is 19.2 Å². The molecule has 0 unspecified atom stereocenters. The van der Waals surface area contributed by atoms with Crippen molar-refractivity contribution in [3.05, 3.63) is 97.8 Å². The number of halogens is 2. The van der Waals surface area contributed by atoms with Gasteiger partial charge in [0.25, 0.3) is 0 Å². The zero-order valence-corrected chi connectivity index (χ0v) is 24.9. The number of rotatable bonds is 2. The fraction of sp³-hybridized carbons (Fsp3) is 0.286. The molecule has 2 radical (unpaired) electrons. The summed E-state index contributed by atoms with van der Waals surface area (Å²) in [5, 5.41) is 5.61. The second-order valence-electron chi connectivity index (χ2n) is 8.08. The van der Waals surface area contributed by atoms with Crippen LogP contribution in [0.3, 0.4) is 0 Å². The molecule has 4 aromatic rings. The van der Waals surface area contributed by atoms with Crippen molar-refractivity contribution >= 4 is 54.0 Å². The Kier molecular flexibility index (Phi) is 18.7. The van der Waals surface area contributed by atoms with Gasteiger partial charge in [0, 0.05) is 0 Å². The molecule has 0 aliphatic carbocycles. The molecule has 0 aromatic heterocycles. The Hall–Kier alpha value is -0.829. The zero-order chi connectivity index (χ0) is 20.8. The molecule has 0 amide bonds. The molecule has 4 aromatic carbocycles. The predicted molar refractivity (Wildman–Crippen MR) is 150 cm³/mol. The van der Waals surface area contributed by atoms with Crippen molar-refractivity contribution in [2.75, 3.05) is 0 Å². The van der Waals surface area contributed by atoms with Crippen LogP contribution >= 0.6 is 24.8 Å². The number of hydrogen-bond acceptors (Lipinski definition) is 0. The van der Waals surface area contributed by atoms with Crippen LogP contribution in [0.15, 0.2) is 60.7 Å². The Morgan fingerprint density at radius 2 is 0.969 bits per heavy atom. The van der Waals surface area contributed by atoms with Crippen molar-refractivity contribution in [2.24, 2.45) is 0 Å². The standard InChI is InChI=1S/2C13H15.2CH3.2ClH.Si.Ti/c2*1-9(2)12-6-4-5-11-7-10(3)8-13(11)12;;;;;;/h2*4-9H,1-3H3;2*1H3;2*1H;;/q4*-1;;;;. The van der Waals surface area contributed by atoms with Crippen molar-refractivity contribution in [3.8, 4) is 0 Å². The summed E-state index contributed by atoms with van der Waals surface area (Å²) in [6, 6.07) is 22.2. The summed E-state index contributed by atoms with van der Waals surface area (Å²) >= 11 is 1.81. The number of hydrogen-bond donors (Lipinski definition) is 0. The van der Waals surface area contributed by atoms with Crippen LogP contribution in [0.5, 0.6) is 0 Å². The van der Waals surface area contributed by atoms with Gasteiger partial charge in [-0.2, -0.15) is 12.1 Å². The van der Waals surface area contributed by atoms with Crippen molar-refractivity contribution in [3.63, 3.8) is 0 Å². The molecule has 0 aliphatic heterocycles. The van der Waals surface area contributed by atoms with Gasteiger partial charge in [-0.05, 0) is 11.8 Å². The van der Waals surface area contributed by atoms with Gasteiger partial charge in [-0.3, -0.25) is 0 Å². The average Bonchev–Trinajstić information content (AvgIpc) is 3.23. The first-order valence-corrected chi connectivity index (χ1v) is 12.8. The molecular formula is C28H38Cl2SiTi-4. The first kappa shape index (κ1) is 35.8.